The quantitative estimate of drug-likeness (QED) is 0.774. The Morgan fingerprint density at radius 2 is 1.85 bits per heavy atom. The Bertz CT molecular complexity index is 737. The summed E-state index contributed by atoms with van der Waals surface area (Å²) < 4.78 is 5.23. The first kappa shape index (κ1) is 12.8. The number of H-pyrrole nitrogens is 1. The lowest BCUT2D eigenvalue weighted by Crippen LogP contribution is -1.84. The zero-order chi connectivity index (χ0) is 13.9. The summed E-state index contributed by atoms with van der Waals surface area (Å²) in [5.74, 6) is 1.61. The molecule has 100 valence electrons. The fourth-order valence-electron chi connectivity index (χ4n) is 2.04. The summed E-state index contributed by atoms with van der Waals surface area (Å²) in [5, 5.41) is 0.696. The lowest BCUT2D eigenvalue weighted by Gasteiger charge is -2.01. The van der Waals surface area contributed by atoms with Crippen LogP contribution >= 0.6 is 11.6 Å². The zero-order valence-corrected chi connectivity index (χ0v) is 11.7. The molecule has 2 aromatic carbocycles. The van der Waals surface area contributed by atoms with E-state index in [0.29, 0.717) is 5.02 Å². The molecule has 20 heavy (non-hydrogen) atoms. The van der Waals surface area contributed by atoms with Crippen molar-refractivity contribution in [1.82, 2.24) is 9.97 Å². The van der Waals surface area contributed by atoms with E-state index in [1.807, 2.05) is 54.7 Å². The van der Waals surface area contributed by atoms with Gasteiger partial charge < -0.3 is 9.72 Å². The van der Waals surface area contributed by atoms with Crippen molar-refractivity contribution < 1.29 is 4.74 Å². The molecule has 0 radical (unpaired) electrons. The second kappa shape index (κ2) is 5.39. The van der Waals surface area contributed by atoms with Gasteiger partial charge in [0.1, 0.15) is 11.6 Å². The lowest BCUT2D eigenvalue weighted by atomic mass is 10.1. The molecule has 4 heteroatoms. The van der Waals surface area contributed by atoms with Crippen molar-refractivity contribution in [3.63, 3.8) is 0 Å². The third-order valence-electron chi connectivity index (χ3n) is 3.04. The van der Waals surface area contributed by atoms with Crippen LogP contribution in [-0.4, -0.2) is 17.1 Å². The van der Waals surface area contributed by atoms with Crippen LogP contribution in [0.5, 0.6) is 5.75 Å². The molecule has 3 nitrogen and oxygen atoms in total. The van der Waals surface area contributed by atoms with Gasteiger partial charge in [-0.05, 0) is 24.3 Å². The molecule has 0 fully saturated rings. The molecule has 1 N–H and O–H groups in total. The molecule has 0 aliphatic heterocycles. The Kier molecular flexibility index (Phi) is 3.44. The van der Waals surface area contributed by atoms with E-state index in [-0.39, 0.29) is 0 Å². The van der Waals surface area contributed by atoms with Crippen LogP contribution in [0, 0.1) is 0 Å². The van der Waals surface area contributed by atoms with Gasteiger partial charge in [0.15, 0.2) is 0 Å². The molecular weight excluding hydrogens is 272 g/mol. The normalized spacial score (nSPS) is 10.5. The van der Waals surface area contributed by atoms with Crippen molar-refractivity contribution in [2.24, 2.45) is 0 Å². The molecule has 0 bridgehead atoms. The van der Waals surface area contributed by atoms with Crippen molar-refractivity contribution in [1.29, 1.82) is 0 Å². The van der Waals surface area contributed by atoms with Crippen LogP contribution in [0.2, 0.25) is 5.02 Å². The maximum Gasteiger partial charge on any atom is 0.138 e. The first-order valence-corrected chi connectivity index (χ1v) is 6.60. The third kappa shape index (κ3) is 2.53. The van der Waals surface area contributed by atoms with Gasteiger partial charge in [-0.2, -0.15) is 0 Å². The van der Waals surface area contributed by atoms with E-state index >= 15 is 0 Å². The van der Waals surface area contributed by atoms with Gasteiger partial charge in [0.2, 0.25) is 0 Å². The molecule has 0 unspecified atom stereocenters. The van der Waals surface area contributed by atoms with Crippen molar-refractivity contribution in [3.8, 4) is 28.4 Å². The molecule has 1 heterocycles. The standard InChI is InChI=1S/C16H13ClN2O/c1-20-14-7-3-4-11(9-14)15-10-18-16(19-15)12-5-2-6-13(17)8-12/h2-10H,1H3,(H,18,19). The molecular formula is C16H13ClN2O. The van der Waals surface area contributed by atoms with Crippen LogP contribution in [0.4, 0.5) is 0 Å². The summed E-state index contributed by atoms with van der Waals surface area (Å²) in [6.45, 7) is 0. The average Bonchev–Trinajstić information content (AvgIpc) is 2.97. The molecule has 0 aliphatic carbocycles. The minimum Gasteiger partial charge on any atom is -0.497 e. The van der Waals surface area contributed by atoms with E-state index in [1.54, 1.807) is 7.11 Å². The smallest absolute Gasteiger partial charge is 0.138 e. The Morgan fingerprint density at radius 1 is 1.05 bits per heavy atom. The number of aromatic nitrogens is 2. The van der Waals surface area contributed by atoms with Crippen LogP contribution in [0.1, 0.15) is 0 Å². The molecule has 0 saturated heterocycles. The van der Waals surface area contributed by atoms with Crippen molar-refractivity contribution in [2.75, 3.05) is 7.11 Å². The number of hydrogen-bond donors (Lipinski definition) is 1. The second-order valence-electron chi connectivity index (χ2n) is 4.38. The summed E-state index contributed by atoms with van der Waals surface area (Å²) in [6, 6.07) is 15.4. The number of hydrogen-bond acceptors (Lipinski definition) is 2. The van der Waals surface area contributed by atoms with Gasteiger partial charge in [0.25, 0.3) is 0 Å². The monoisotopic (exact) mass is 284 g/mol. The van der Waals surface area contributed by atoms with Crippen molar-refractivity contribution in [2.45, 2.75) is 0 Å². The van der Waals surface area contributed by atoms with Crippen LogP contribution in [0.15, 0.2) is 54.7 Å². The van der Waals surface area contributed by atoms with E-state index in [0.717, 1.165) is 28.4 Å². The van der Waals surface area contributed by atoms with Gasteiger partial charge in [-0.3, -0.25) is 0 Å². The number of nitrogens with one attached hydrogen (secondary N) is 1. The molecule has 3 rings (SSSR count). The van der Waals surface area contributed by atoms with Gasteiger partial charge in [-0.1, -0.05) is 35.9 Å². The molecule has 0 aliphatic rings. The Balaban J connectivity index is 1.97. The number of benzene rings is 2. The van der Waals surface area contributed by atoms with Crippen LogP contribution < -0.4 is 4.74 Å². The van der Waals surface area contributed by atoms with Crippen LogP contribution in [-0.2, 0) is 0 Å². The summed E-state index contributed by atoms with van der Waals surface area (Å²) in [4.78, 5) is 7.77. The summed E-state index contributed by atoms with van der Waals surface area (Å²) in [6.07, 6.45) is 1.88. The van der Waals surface area contributed by atoms with Crippen LogP contribution in [0.25, 0.3) is 22.6 Å². The van der Waals surface area contributed by atoms with Crippen LogP contribution in [0.3, 0.4) is 0 Å². The number of imidazole rings is 1. The molecule has 0 amide bonds. The molecule has 3 aromatic rings. The molecule has 1 aromatic heterocycles. The largest absolute Gasteiger partial charge is 0.497 e. The highest BCUT2D eigenvalue weighted by Crippen LogP contribution is 2.26. The van der Waals surface area contributed by atoms with E-state index in [9.17, 15) is 0 Å². The third-order valence-corrected chi connectivity index (χ3v) is 3.28. The van der Waals surface area contributed by atoms with Gasteiger partial charge in [-0.15, -0.1) is 0 Å². The maximum absolute atomic E-state index is 6.00. The average molecular weight is 285 g/mol. The fraction of sp³-hybridized carbons (Fsp3) is 0.0625. The Hall–Kier alpha value is -2.26. The zero-order valence-electron chi connectivity index (χ0n) is 10.9. The van der Waals surface area contributed by atoms with Crippen molar-refractivity contribution >= 4 is 11.6 Å². The van der Waals surface area contributed by atoms with Crippen molar-refractivity contribution in [3.05, 3.63) is 59.8 Å². The predicted octanol–water partition coefficient (Wildman–Crippen LogP) is 4.41. The number of ether oxygens (including phenoxy) is 1. The second-order valence-corrected chi connectivity index (χ2v) is 4.81. The van der Waals surface area contributed by atoms with Gasteiger partial charge in [0.05, 0.1) is 12.8 Å². The number of methoxy groups -OCH3 is 1. The SMILES string of the molecule is COc1cccc(-c2c[nH]c(-c3cccc(Cl)c3)n2)c1. The topological polar surface area (TPSA) is 37.9 Å². The first-order valence-electron chi connectivity index (χ1n) is 6.22. The van der Waals surface area contributed by atoms with Gasteiger partial charge >= 0.3 is 0 Å². The van der Waals surface area contributed by atoms with Gasteiger partial charge in [0, 0.05) is 22.3 Å². The molecule has 0 saturated carbocycles. The highest BCUT2D eigenvalue weighted by Gasteiger charge is 2.07. The summed E-state index contributed by atoms with van der Waals surface area (Å²) in [7, 11) is 1.65. The maximum atomic E-state index is 6.00. The predicted molar refractivity (Wildman–Crippen MR) is 81.0 cm³/mol. The minimum absolute atomic E-state index is 0.696. The van der Waals surface area contributed by atoms with Gasteiger partial charge in [-0.25, -0.2) is 4.98 Å². The van der Waals surface area contributed by atoms with E-state index < -0.39 is 0 Å². The fourth-order valence-corrected chi connectivity index (χ4v) is 2.23. The summed E-state index contributed by atoms with van der Waals surface area (Å²) in [5.41, 5.74) is 2.85. The minimum atomic E-state index is 0.696. The van der Waals surface area contributed by atoms with E-state index in [2.05, 4.69) is 9.97 Å². The number of aromatic amines is 1. The first-order chi connectivity index (χ1) is 9.76. The summed E-state index contributed by atoms with van der Waals surface area (Å²) >= 11 is 6.00. The molecule has 0 atom stereocenters. The lowest BCUT2D eigenvalue weighted by molar-refractivity contribution is 0.415. The highest BCUT2D eigenvalue weighted by molar-refractivity contribution is 6.30. The Labute approximate surface area is 122 Å². The van der Waals surface area contributed by atoms with E-state index in [1.165, 1.54) is 0 Å². The number of halogens is 1. The van der Waals surface area contributed by atoms with E-state index in [4.69, 9.17) is 16.3 Å². The molecule has 0 spiro atoms. The Morgan fingerprint density at radius 3 is 2.65 bits per heavy atom. The highest BCUT2D eigenvalue weighted by atomic mass is 35.5. The number of rotatable bonds is 3. The number of nitrogens with zero attached hydrogens (tertiary/aromatic N) is 1.